The molecule has 2 rings (SSSR count). The number of nitrogens with zero attached hydrogens (tertiary/aromatic N) is 2. The Kier molecular flexibility index (Phi) is 4.82. The standard InChI is InChI=1S/C14H17N3.ClH/c1-9-4-6-12(7-5-9)14-16-10(2)13(8-15)11(3)17-14;/h4-7H,8,15H2,1-3H3;1H. The molecule has 2 aromatic rings. The minimum atomic E-state index is 0. The van der Waals surface area contributed by atoms with Crippen LogP contribution in [0.1, 0.15) is 22.5 Å². The molecule has 0 aliphatic heterocycles. The van der Waals surface area contributed by atoms with Gasteiger partial charge in [-0.15, -0.1) is 12.4 Å². The second-order valence-corrected chi connectivity index (χ2v) is 4.27. The van der Waals surface area contributed by atoms with Gasteiger partial charge in [-0.25, -0.2) is 9.97 Å². The zero-order chi connectivity index (χ0) is 12.4. The molecule has 0 radical (unpaired) electrons. The zero-order valence-electron chi connectivity index (χ0n) is 10.9. The van der Waals surface area contributed by atoms with E-state index in [9.17, 15) is 0 Å². The summed E-state index contributed by atoms with van der Waals surface area (Å²) in [5.41, 5.74) is 10.9. The quantitative estimate of drug-likeness (QED) is 0.906. The molecule has 2 N–H and O–H groups in total. The third-order valence-electron chi connectivity index (χ3n) is 2.93. The van der Waals surface area contributed by atoms with Crippen molar-refractivity contribution in [3.8, 4) is 11.4 Å². The number of hydrogen-bond acceptors (Lipinski definition) is 3. The highest BCUT2D eigenvalue weighted by atomic mass is 35.5. The lowest BCUT2D eigenvalue weighted by atomic mass is 10.1. The first-order valence-electron chi connectivity index (χ1n) is 5.73. The molecular weight excluding hydrogens is 246 g/mol. The topological polar surface area (TPSA) is 51.8 Å². The second kappa shape index (κ2) is 5.94. The summed E-state index contributed by atoms with van der Waals surface area (Å²) in [4.78, 5) is 9.03. The maximum atomic E-state index is 5.68. The fourth-order valence-corrected chi connectivity index (χ4v) is 1.87. The normalized spacial score (nSPS) is 10.0. The van der Waals surface area contributed by atoms with E-state index in [1.807, 2.05) is 26.0 Å². The van der Waals surface area contributed by atoms with E-state index in [1.165, 1.54) is 5.56 Å². The van der Waals surface area contributed by atoms with Gasteiger partial charge in [-0.05, 0) is 20.8 Å². The summed E-state index contributed by atoms with van der Waals surface area (Å²) in [7, 11) is 0. The van der Waals surface area contributed by atoms with Gasteiger partial charge in [0.15, 0.2) is 5.82 Å². The van der Waals surface area contributed by atoms with E-state index in [4.69, 9.17) is 5.73 Å². The van der Waals surface area contributed by atoms with Crippen molar-refractivity contribution in [1.82, 2.24) is 9.97 Å². The van der Waals surface area contributed by atoms with Gasteiger partial charge in [-0.1, -0.05) is 29.8 Å². The van der Waals surface area contributed by atoms with E-state index in [0.29, 0.717) is 6.54 Å². The first-order chi connectivity index (χ1) is 8.11. The van der Waals surface area contributed by atoms with Crippen LogP contribution in [0.4, 0.5) is 0 Å². The van der Waals surface area contributed by atoms with Crippen LogP contribution in [0.15, 0.2) is 24.3 Å². The van der Waals surface area contributed by atoms with Gasteiger partial charge in [0.25, 0.3) is 0 Å². The van der Waals surface area contributed by atoms with E-state index in [1.54, 1.807) is 0 Å². The fraction of sp³-hybridized carbons (Fsp3) is 0.286. The fourth-order valence-electron chi connectivity index (χ4n) is 1.87. The molecule has 0 spiro atoms. The minimum Gasteiger partial charge on any atom is -0.326 e. The minimum absolute atomic E-state index is 0. The summed E-state index contributed by atoms with van der Waals surface area (Å²) in [5, 5.41) is 0. The van der Waals surface area contributed by atoms with Crippen LogP contribution in [0, 0.1) is 20.8 Å². The molecule has 1 aromatic carbocycles. The molecule has 0 unspecified atom stereocenters. The van der Waals surface area contributed by atoms with Crippen LogP contribution in [0.25, 0.3) is 11.4 Å². The van der Waals surface area contributed by atoms with Gasteiger partial charge in [0.1, 0.15) is 0 Å². The Balaban J connectivity index is 0.00000162. The second-order valence-electron chi connectivity index (χ2n) is 4.27. The molecule has 0 saturated heterocycles. The summed E-state index contributed by atoms with van der Waals surface area (Å²) in [6.07, 6.45) is 0. The molecule has 4 heteroatoms. The number of benzene rings is 1. The number of hydrogen-bond donors (Lipinski definition) is 1. The maximum Gasteiger partial charge on any atom is 0.159 e. The van der Waals surface area contributed by atoms with Crippen LogP contribution in [0.3, 0.4) is 0 Å². The predicted molar refractivity (Wildman–Crippen MR) is 76.8 cm³/mol. The molecular formula is C14H18ClN3. The summed E-state index contributed by atoms with van der Waals surface area (Å²) < 4.78 is 0. The summed E-state index contributed by atoms with van der Waals surface area (Å²) in [6, 6.07) is 8.23. The highest BCUT2D eigenvalue weighted by Crippen LogP contribution is 2.18. The van der Waals surface area contributed by atoms with Gasteiger partial charge in [0.05, 0.1) is 0 Å². The summed E-state index contributed by atoms with van der Waals surface area (Å²) in [5.74, 6) is 0.775. The van der Waals surface area contributed by atoms with Crippen LogP contribution >= 0.6 is 12.4 Å². The zero-order valence-corrected chi connectivity index (χ0v) is 11.7. The highest BCUT2D eigenvalue weighted by molar-refractivity contribution is 5.85. The van der Waals surface area contributed by atoms with Crippen molar-refractivity contribution in [2.75, 3.05) is 0 Å². The Morgan fingerprint density at radius 3 is 1.89 bits per heavy atom. The first-order valence-corrected chi connectivity index (χ1v) is 5.73. The van der Waals surface area contributed by atoms with Crippen LogP contribution in [-0.2, 0) is 6.54 Å². The smallest absolute Gasteiger partial charge is 0.159 e. The van der Waals surface area contributed by atoms with E-state index in [0.717, 1.165) is 28.3 Å². The number of aromatic nitrogens is 2. The van der Waals surface area contributed by atoms with Gasteiger partial charge >= 0.3 is 0 Å². The van der Waals surface area contributed by atoms with Crippen molar-refractivity contribution in [2.24, 2.45) is 5.73 Å². The van der Waals surface area contributed by atoms with Crippen molar-refractivity contribution < 1.29 is 0 Å². The molecule has 0 aliphatic rings. The number of rotatable bonds is 2. The van der Waals surface area contributed by atoms with Gasteiger partial charge < -0.3 is 5.73 Å². The van der Waals surface area contributed by atoms with Crippen LogP contribution in [0.2, 0.25) is 0 Å². The molecule has 0 amide bonds. The van der Waals surface area contributed by atoms with E-state index in [-0.39, 0.29) is 12.4 Å². The number of aryl methyl sites for hydroxylation is 3. The Morgan fingerprint density at radius 2 is 1.44 bits per heavy atom. The van der Waals surface area contributed by atoms with E-state index < -0.39 is 0 Å². The van der Waals surface area contributed by atoms with Crippen molar-refractivity contribution in [3.63, 3.8) is 0 Å². The van der Waals surface area contributed by atoms with Crippen LogP contribution < -0.4 is 5.73 Å². The lowest BCUT2D eigenvalue weighted by Crippen LogP contribution is -2.07. The molecule has 1 aromatic heterocycles. The summed E-state index contributed by atoms with van der Waals surface area (Å²) in [6.45, 7) is 6.52. The van der Waals surface area contributed by atoms with Gasteiger partial charge in [0.2, 0.25) is 0 Å². The Bertz CT molecular complexity index is 512. The lowest BCUT2D eigenvalue weighted by Gasteiger charge is -2.09. The van der Waals surface area contributed by atoms with E-state index in [2.05, 4.69) is 29.0 Å². The molecule has 0 aliphatic carbocycles. The van der Waals surface area contributed by atoms with Crippen molar-refractivity contribution >= 4 is 12.4 Å². The van der Waals surface area contributed by atoms with Crippen molar-refractivity contribution in [2.45, 2.75) is 27.3 Å². The van der Waals surface area contributed by atoms with Crippen molar-refractivity contribution in [1.29, 1.82) is 0 Å². The van der Waals surface area contributed by atoms with Gasteiger partial charge in [-0.2, -0.15) is 0 Å². The van der Waals surface area contributed by atoms with Crippen LogP contribution in [-0.4, -0.2) is 9.97 Å². The predicted octanol–water partition coefficient (Wildman–Crippen LogP) is 2.95. The molecule has 0 atom stereocenters. The van der Waals surface area contributed by atoms with Crippen LogP contribution in [0.5, 0.6) is 0 Å². The molecule has 0 bridgehead atoms. The highest BCUT2D eigenvalue weighted by Gasteiger charge is 2.08. The first kappa shape index (κ1) is 14.6. The molecule has 0 saturated carbocycles. The maximum absolute atomic E-state index is 5.68. The van der Waals surface area contributed by atoms with Gasteiger partial charge in [0, 0.05) is 29.1 Å². The monoisotopic (exact) mass is 263 g/mol. The largest absolute Gasteiger partial charge is 0.326 e. The third kappa shape index (κ3) is 2.86. The summed E-state index contributed by atoms with van der Waals surface area (Å²) >= 11 is 0. The molecule has 1 heterocycles. The number of halogens is 1. The average Bonchev–Trinajstić information content (AvgIpc) is 2.29. The molecule has 18 heavy (non-hydrogen) atoms. The van der Waals surface area contributed by atoms with E-state index >= 15 is 0 Å². The Hall–Kier alpha value is -1.45. The lowest BCUT2D eigenvalue weighted by molar-refractivity contribution is 0.939. The Labute approximate surface area is 114 Å². The SMILES string of the molecule is Cc1ccc(-c2nc(C)c(CN)c(C)n2)cc1.Cl. The Morgan fingerprint density at radius 1 is 0.944 bits per heavy atom. The average molecular weight is 264 g/mol. The molecule has 96 valence electrons. The molecule has 3 nitrogen and oxygen atoms in total. The molecule has 0 fully saturated rings. The van der Waals surface area contributed by atoms with Gasteiger partial charge in [-0.3, -0.25) is 0 Å². The third-order valence-corrected chi connectivity index (χ3v) is 2.93. The van der Waals surface area contributed by atoms with Crippen molar-refractivity contribution in [3.05, 3.63) is 46.8 Å². The number of nitrogens with two attached hydrogens (primary N) is 1.